The molecule has 0 saturated heterocycles. The van der Waals surface area contributed by atoms with Gasteiger partial charge in [-0.15, -0.1) is 0 Å². The van der Waals surface area contributed by atoms with Crippen molar-refractivity contribution < 1.29 is 5.11 Å². The minimum Gasteiger partial charge on any atom is -0.387 e. The Kier molecular flexibility index (Phi) is 5.55. The van der Waals surface area contributed by atoms with E-state index in [4.69, 9.17) is 5.73 Å². The van der Waals surface area contributed by atoms with E-state index >= 15 is 0 Å². The molecule has 1 heterocycles. The maximum atomic E-state index is 9.90. The summed E-state index contributed by atoms with van der Waals surface area (Å²) in [6, 6.07) is 5.79. The average Bonchev–Trinajstić information content (AvgIpc) is 2.47. The molecule has 2 rings (SSSR count). The van der Waals surface area contributed by atoms with E-state index in [-0.39, 0.29) is 0 Å². The first kappa shape index (κ1) is 14.2. The van der Waals surface area contributed by atoms with E-state index < -0.39 is 6.10 Å². The van der Waals surface area contributed by atoms with E-state index in [0.29, 0.717) is 18.9 Å². The first-order valence-electron chi connectivity index (χ1n) is 7.33. The zero-order valence-electron chi connectivity index (χ0n) is 11.5. The molecule has 1 aliphatic carbocycles. The molecule has 0 aromatic carbocycles. The third-order valence-electron chi connectivity index (χ3n) is 3.76. The highest BCUT2D eigenvalue weighted by molar-refractivity contribution is 5.45. The number of hydrogen-bond acceptors (Lipinski definition) is 3. The fourth-order valence-corrected chi connectivity index (χ4v) is 2.61. The van der Waals surface area contributed by atoms with E-state index in [2.05, 4.69) is 17.1 Å². The number of aromatic nitrogens is 1. The van der Waals surface area contributed by atoms with E-state index in [1.54, 1.807) is 0 Å². The molecule has 1 aliphatic rings. The molecule has 0 radical (unpaired) electrons. The van der Waals surface area contributed by atoms with Gasteiger partial charge in [-0.3, -0.25) is 4.98 Å². The average molecular weight is 260 g/mol. The first-order valence-corrected chi connectivity index (χ1v) is 7.33. The Morgan fingerprint density at radius 1 is 1.32 bits per heavy atom. The summed E-state index contributed by atoms with van der Waals surface area (Å²) in [5.41, 5.74) is 7.11. The van der Waals surface area contributed by atoms with Crippen molar-refractivity contribution in [3.05, 3.63) is 35.7 Å². The van der Waals surface area contributed by atoms with Crippen molar-refractivity contribution in [1.29, 1.82) is 0 Å². The zero-order chi connectivity index (χ0) is 13.5. The van der Waals surface area contributed by atoms with Gasteiger partial charge < -0.3 is 10.8 Å². The zero-order valence-corrected chi connectivity index (χ0v) is 11.5. The quantitative estimate of drug-likeness (QED) is 0.855. The normalized spacial score (nSPS) is 18.8. The number of aliphatic hydroxyl groups excluding tert-OH is 1. The number of hydrogen-bond donors (Lipinski definition) is 2. The monoisotopic (exact) mass is 260 g/mol. The van der Waals surface area contributed by atoms with Crippen LogP contribution in [0, 0.1) is 5.92 Å². The summed E-state index contributed by atoms with van der Waals surface area (Å²) in [6.07, 6.45) is 11.0. The molecule has 104 valence electrons. The lowest BCUT2D eigenvalue weighted by Crippen LogP contribution is -2.08. The van der Waals surface area contributed by atoms with Crippen LogP contribution in [0.4, 0.5) is 0 Å². The Hall–Kier alpha value is -1.19. The van der Waals surface area contributed by atoms with Crippen molar-refractivity contribution >= 4 is 6.08 Å². The molecule has 1 fully saturated rings. The van der Waals surface area contributed by atoms with Gasteiger partial charge >= 0.3 is 0 Å². The smallest absolute Gasteiger partial charge is 0.0972 e. The molecular weight excluding hydrogens is 236 g/mol. The van der Waals surface area contributed by atoms with E-state index in [9.17, 15) is 5.11 Å². The lowest BCUT2D eigenvalue weighted by atomic mass is 9.89. The van der Waals surface area contributed by atoms with Crippen molar-refractivity contribution in [1.82, 2.24) is 4.98 Å². The predicted octanol–water partition coefficient (Wildman–Crippen LogP) is 3.06. The van der Waals surface area contributed by atoms with E-state index in [1.807, 2.05) is 18.2 Å². The van der Waals surface area contributed by atoms with Gasteiger partial charge in [-0.05, 0) is 49.9 Å². The molecule has 19 heavy (non-hydrogen) atoms. The number of nitrogens with two attached hydrogens (primary N) is 1. The first-order chi connectivity index (χ1) is 9.29. The molecule has 3 nitrogen and oxygen atoms in total. The van der Waals surface area contributed by atoms with Crippen molar-refractivity contribution in [2.45, 2.75) is 44.6 Å². The third-order valence-corrected chi connectivity index (χ3v) is 3.76. The van der Waals surface area contributed by atoms with Gasteiger partial charge in [-0.2, -0.15) is 0 Å². The Morgan fingerprint density at radius 2 is 2.11 bits per heavy atom. The van der Waals surface area contributed by atoms with Gasteiger partial charge in [-0.1, -0.05) is 31.4 Å². The molecular formula is C16H24N2O. The molecule has 3 N–H and O–H groups in total. The summed E-state index contributed by atoms with van der Waals surface area (Å²) in [5, 5.41) is 9.90. The van der Waals surface area contributed by atoms with Crippen LogP contribution in [0.25, 0.3) is 6.08 Å². The Morgan fingerprint density at radius 3 is 2.84 bits per heavy atom. The van der Waals surface area contributed by atoms with Crippen LogP contribution in [-0.2, 0) is 0 Å². The molecule has 1 unspecified atom stereocenters. The second-order valence-electron chi connectivity index (χ2n) is 5.34. The standard InChI is InChI=1S/C16H24N2O/c17-12-11-16(19)15-8-4-7-14(18-15)10-9-13-5-2-1-3-6-13/h4,7-10,13,16,19H,1-3,5-6,11-12,17H2/b10-9+. The maximum Gasteiger partial charge on any atom is 0.0972 e. The second kappa shape index (κ2) is 7.41. The lowest BCUT2D eigenvalue weighted by molar-refractivity contribution is 0.165. The lowest BCUT2D eigenvalue weighted by Gasteiger charge is -2.17. The molecule has 0 aliphatic heterocycles. The second-order valence-corrected chi connectivity index (χ2v) is 5.34. The molecule has 1 atom stereocenters. The van der Waals surface area contributed by atoms with Gasteiger partial charge in [0.25, 0.3) is 0 Å². The van der Waals surface area contributed by atoms with Crippen LogP contribution in [0.1, 0.15) is 56.0 Å². The Bertz CT molecular complexity index is 411. The largest absolute Gasteiger partial charge is 0.387 e. The Balaban J connectivity index is 1.99. The van der Waals surface area contributed by atoms with Gasteiger partial charge in [0.05, 0.1) is 17.5 Å². The number of pyridine rings is 1. The predicted molar refractivity (Wildman–Crippen MR) is 78.5 cm³/mol. The van der Waals surface area contributed by atoms with Crippen LogP contribution < -0.4 is 5.73 Å². The fourth-order valence-electron chi connectivity index (χ4n) is 2.61. The molecule has 1 aromatic rings. The van der Waals surface area contributed by atoms with Crippen LogP contribution in [0.5, 0.6) is 0 Å². The maximum absolute atomic E-state index is 9.90. The minimum absolute atomic E-state index is 0.477. The minimum atomic E-state index is -0.548. The van der Waals surface area contributed by atoms with Crippen molar-refractivity contribution in [2.75, 3.05) is 6.54 Å². The van der Waals surface area contributed by atoms with Crippen LogP contribution >= 0.6 is 0 Å². The molecule has 3 heteroatoms. The molecule has 0 bridgehead atoms. The third kappa shape index (κ3) is 4.44. The van der Waals surface area contributed by atoms with Crippen molar-refractivity contribution in [3.63, 3.8) is 0 Å². The highest BCUT2D eigenvalue weighted by atomic mass is 16.3. The van der Waals surface area contributed by atoms with E-state index in [1.165, 1.54) is 32.1 Å². The van der Waals surface area contributed by atoms with Gasteiger partial charge in [0.1, 0.15) is 0 Å². The van der Waals surface area contributed by atoms with E-state index in [0.717, 1.165) is 11.4 Å². The van der Waals surface area contributed by atoms with Crippen LogP contribution in [-0.4, -0.2) is 16.6 Å². The highest BCUT2D eigenvalue weighted by Crippen LogP contribution is 2.25. The van der Waals surface area contributed by atoms with Gasteiger partial charge in [0, 0.05) is 0 Å². The van der Waals surface area contributed by atoms with Crippen molar-refractivity contribution in [3.8, 4) is 0 Å². The van der Waals surface area contributed by atoms with Crippen LogP contribution in [0.15, 0.2) is 24.3 Å². The molecule has 0 amide bonds. The van der Waals surface area contributed by atoms with Gasteiger partial charge in [0.2, 0.25) is 0 Å². The number of allylic oxidation sites excluding steroid dienone is 1. The van der Waals surface area contributed by atoms with Gasteiger partial charge in [0.15, 0.2) is 0 Å². The highest BCUT2D eigenvalue weighted by Gasteiger charge is 2.10. The molecule has 1 aromatic heterocycles. The van der Waals surface area contributed by atoms with Crippen LogP contribution in [0.3, 0.4) is 0 Å². The SMILES string of the molecule is NCCC(O)c1cccc(/C=C/C2CCCCC2)n1. The van der Waals surface area contributed by atoms with Crippen LogP contribution in [0.2, 0.25) is 0 Å². The summed E-state index contributed by atoms with van der Waals surface area (Å²) >= 11 is 0. The summed E-state index contributed by atoms with van der Waals surface area (Å²) in [6.45, 7) is 0.477. The number of aliphatic hydroxyl groups is 1. The number of rotatable bonds is 5. The fraction of sp³-hybridized carbons (Fsp3) is 0.562. The summed E-state index contributed by atoms with van der Waals surface area (Å²) in [4.78, 5) is 4.48. The Labute approximate surface area is 115 Å². The number of nitrogens with zero attached hydrogens (tertiary/aromatic N) is 1. The molecule has 0 spiro atoms. The topological polar surface area (TPSA) is 59.1 Å². The van der Waals surface area contributed by atoms with Crippen molar-refractivity contribution in [2.24, 2.45) is 11.7 Å². The summed E-state index contributed by atoms with van der Waals surface area (Å²) in [7, 11) is 0. The molecule has 1 saturated carbocycles. The summed E-state index contributed by atoms with van der Waals surface area (Å²) in [5.74, 6) is 0.702. The van der Waals surface area contributed by atoms with Gasteiger partial charge in [-0.25, -0.2) is 0 Å². The summed E-state index contributed by atoms with van der Waals surface area (Å²) < 4.78 is 0.